The van der Waals surface area contributed by atoms with Crippen LogP contribution in [0.2, 0.25) is 0 Å². The number of hydrogen-bond acceptors (Lipinski definition) is 7. The van der Waals surface area contributed by atoms with Crippen LogP contribution in [0.4, 0.5) is 0 Å². The van der Waals surface area contributed by atoms with Gasteiger partial charge in [-0.05, 0) is 19.1 Å². The summed E-state index contributed by atoms with van der Waals surface area (Å²) in [5.41, 5.74) is 2.32. The van der Waals surface area contributed by atoms with Crippen LogP contribution < -0.4 is 0 Å². The van der Waals surface area contributed by atoms with Gasteiger partial charge in [-0.2, -0.15) is 0 Å². The maximum atomic E-state index is 12.4. The van der Waals surface area contributed by atoms with Gasteiger partial charge in [0.2, 0.25) is 0 Å². The lowest BCUT2D eigenvalue weighted by molar-refractivity contribution is 0.0516. The van der Waals surface area contributed by atoms with Gasteiger partial charge in [-0.15, -0.1) is 0 Å². The fourth-order valence-electron chi connectivity index (χ4n) is 2.85. The van der Waals surface area contributed by atoms with Gasteiger partial charge in [-0.1, -0.05) is 35.5 Å². The number of aromatic hydroxyl groups is 1. The van der Waals surface area contributed by atoms with Gasteiger partial charge in [-0.3, -0.25) is 4.98 Å². The first-order chi connectivity index (χ1) is 13.2. The lowest BCUT2D eigenvalue weighted by Crippen LogP contribution is -2.08. The highest BCUT2D eigenvalue weighted by atomic mass is 16.5. The van der Waals surface area contributed by atoms with Crippen LogP contribution in [0.15, 0.2) is 59.4 Å². The Morgan fingerprint density at radius 1 is 1.07 bits per heavy atom. The Labute approximate surface area is 154 Å². The first-order valence-electron chi connectivity index (χ1n) is 8.36. The van der Waals surface area contributed by atoms with Gasteiger partial charge in [-0.25, -0.2) is 9.78 Å². The van der Waals surface area contributed by atoms with E-state index in [-0.39, 0.29) is 23.6 Å². The maximum Gasteiger partial charge on any atom is 0.360 e. The number of rotatable bonds is 4. The Balaban J connectivity index is 2.05. The summed E-state index contributed by atoms with van der Waals surface area (Å²) in [7, 11) is 0. The number of nitrogens with zero attached hydrogens (tertiary/aromatic N) is 3. The van der Waals surface area contributed by atoms with Gasteiger partial charge in [0.1, 0.15) is 11.4 Å². The molecular formula is C20H15N3O4. The largest absolute Gasteiger partial charge is 0.505 e. The molecular weight excluding hydrogens is 346 g/mol. The van der Waals surface area contributed by atoms with E-state index < -0.39 is 5.97 Å². The lowest BCUT2D eigenvalue weighted by atomic mass is 10.0. The second-order valence-corrected chi connectivity index (χ2v) is 5.72. The van der Waals surface area contributed by atoms with E-state index in [4.69, 9.17) is 9.26 Å². The fourth-order valence-corrected chi connectivity index (χ4v) is 2.85. The summed E-state index contributed by atoms with van der Waals surface area (Å²) in [5.74, 6) is -1.03. The van der Waals surface area contributed by atoms with Crippen molar-refractivity contribution < 1.29 is 19.2 Å². The summed E-state index contributed by atoms with van der Waals surface area (Å²) in [6, 6.07) is 12.7. The first kappa shape index (κ1) is 16.7. The van der Waals surface area contributed by atoms with Crippen LogP contribution in [-0.4, -0.2) is 32.8 Å². The second kappa shape index (κ2) is 6.87. The molecule has 4 aromatic rings. The van der Waals surface area contributed by atoms with Gasteiger partial charge in [0.05, 0.1) is 12.0 Å². The summed E-state index contributed by atoms with van der Waals surface area (Å²) >= 11 is 0. The summed E-state index contributed by atoms with van der Waals surface area (Å²) < 4.78 is 10.6. The molecule has 0 amide bonds. The SMILES string of the molecule is CCOC(=O)c1nc(-c2ccncc2)c2onc(-c3ccccc3)c2c1O. The molecule has 0 saturated heterocycles. The smallest absolute Gasteiger partial charge is 0.360 e. The molecule has 0 spiro atoms. The molecule has 0 aliphatic carbocycles. The standard InChI is InChI=1S/C20H15N3O4/c1-2-26-20(25)17-18(24)14-15(12-6-4-3-5-7-12)23-27-19(14)16(22-17)13-8-10-21-11-9-13/h3-11,24H,2H2,1H3. The maximum absolute atomic E-state index is 12.4. The molecule has 0 atom stereocenters. The lowest BCUT2D eigenvalue weighted by Gasteiger charge is -2.08. The predicted molar refractivity (Wildman–Crippen MR) is 98.1 cm³/mol. The minimum atomic E-state index is -0.715. The molecule has 0 unspecified atom stereocenters. The number of benzene rings is 1. The topological polar surface area (TPSA) is 98.3 Å². The van der Waals surface area contributed by atoms with E-state index in [1.54, 1.807) is 31.5 Å². The molecule has 7 nitrogen and oxygen atoms in total. The molecule has 0 aliphatic rings. The van der Waals surface area contributed by atoms with Crippen molar-refractivity contribution in [1.29, 1.82) is 0 Å². The molecule has 134 valence electrons. The number of ether oxygens (including phenoxy) is 1. The number of pyridine rings is 2. The van der Waals surface area contributed by atoms with Crippen LogP contribution in [0.3, 0.4) is 0 Å². The fraction of sp³-hybridized carbons (Fsp3) is 0.100. The number of aromatic nitrogens is 3. The van der Waals surface area contributed by atoms with Crippen molar-refractivity contribution in [3.63, 3.8) is 0 Å². The van der Waals surface area contributed by atoms with Crippen LogP contribution >= 0.6 is 0 Å². The third kappa shape index (κ3) is 2.89. The van der Waals surface area contributed by atoms with Gasteiger partial charge < -0.3 is 14.4 Å². The molecule has 4 rings (SSSR count). The van der Waals surface area contributed by atoms with Gasteiger partial charge in [0.25, 0.3) is 0 Å². The van der Waals surface area contributed by atoms with Gasteiger partial charge in [0.15, 0.2) is 17.0 Å². The van der Waals surface area contributed by atoms with E-state index in [1.807, 2.05) is 30.3 Å². The zero-order valence-corrected chi connectivity index (χ0v) is 14.4. The summed E-state index contributed by atoms with van der Waals surface area (Å²) in [4.78, 5) is 20.7. The predicted octanol–water partition coefficient (Wildman–Crippen LogP) is 3.83. The number of carbonyl (C=O) groups excluding carboxylic acids is 1. The molecule has 1 aromatic carbocycles. The molecule has 27 heavy (non-hydrogen) atoms. The van der Waals surface area contributed by atoms with E-state index in [9.17, 15) is 9.90 Å². The van der Waals surface area contributed by atoms with Crippen LogP contribution in [0.25, 0.3) is 33.5 Å². The Morgan fingerprint density at radius 3 is 2.48 bits per heavy atom. The van der Waals surface area contributed by atoms with E-state index in [0.717, 1.165) is 5.56 Å². The van der Waals surface area contributed by atoms with Crippen LogP contribution in [0, 0.1) is 0 Å². The van der Waals surface area contributed by atoms with Crippen molar-refractivity contribution in [2.45, 2.75) is 6.92 Å². The van der Waals surface area contributed by atoms with Gasteiger partial charge in [0, 0.05) is 23.5 Å². The molecule has 7 heteroatoms. The third-order valence-electron chi connectivity index (χ3n) is 4.06. The molecule has 0 fully saturated rings. The normalized spacial score (nSPS) is 10.9. The third-order valence-corrected chi connectivity index (χ3v) is 4.06. The van der Waals surface area contributed by atoms with E-state index in [2.05, 4.69) is 15.1 Å². The summed E-state index contributed by atoms with van der Waals surface area (Å²) in [6.45, 7) is 1.85. The average Bonchev–Trinajstić information content (AvgIpc) is 3.15. The molecule has 3 aromatic heterocycles. The molecule has 0 bridgehead atoms. The van der Waals surface area contributed by atoms with Crippen LogP contribution in [0.5, 0.6) is 5.75 Å². The van der Waals surface area contributed by atoms with Crippen molar-refractivity contribution in [2.75, 3.05) is 6.61 Å². The zero-order valence-electron chi connectivity index (χ0n) is 14.4. The number of carbonyl (C=O) groups is 1. The quantitative estimate of drug-likeness (QED) is 0.551. The van der Waals surface area contributed by atoms with Crippen LogP contribution in [0.1, 0.15) is 17.4 Å². The summed E-state index contributed by atoms with van der Waals surface area (Å²) in [5, 5.41) is 15.2. The van der Waals surface area contributed by atoms with Crippen molar-refractivity contribution in [3.8, 4) is 28.3 Å². The highest BCUT2D eigenvalue weighted by Gasteiger charge is 2.26. The number of hydrogen-bond donors (Lipinski definition) is 1. The van der Waals surface area contributed by atoms with E-state index >= 15 is 0 Å². The monoisotopic (exact) mass is 361 g/mol. The Morgan fingerprint density at radius 2 is 1.78 bits per heavy atom. The van der Waals surface area contributed by atoms with Crippen molar-refractivity contribution >= 4 is 16.9 Å². The van der Waals surface area contributed by atoms with Gasteiger partial charge >= 0.3 is 5.97 Å². The molecule has 0 aliphatic heterocycles. The Hall–Kier alpha value is -3.74. The van der Waals surface area contributed by atoms with Crippen LogP contribution in [-0.2, 0) is 4.74 Å². The second-order valence-electron chi connectivity index (χ2n) is 5.72. The zero-order chi connectivity index (χ0) is 18.8. The summed E-state index contributed by atoms with van der Waals surface area (Å²) in [6.07, 6.45) is 3.21. The average molecular weight is 361 g/mol. The minimum absolute atomic E-state index is 0.164. The number of esters is 1. The minimum Gasteiger partial charge on any atom is -0.505 e. The van der Waals surface area contributed by atoms with E-state index in [1.165, 1.54) is 0 Å². The molecule has 0 saturated carbocycles. The van der Waals surface area contributed by atoms with Crippen molar-refractivity contribution in [3.05, 3.63) is 60.6 Å². The Kier molecular flexibility index (Phi) is 4.25. The number of fused-ring (bicyclic) bond motifs is 1. The Bertz CT molecular complexity index is 1110. The van der Waals surface area contributed by atoms with Crippen molar-refractivity contribution in [1.82, 2.24) is 15.1 Å². The van der Waals surface area contributed by atoms with Crippen molar-refractivity contribution in [2.24, 2.45) is 0 Å². The molecule has 1 N–H and O–H groups in total. The highest BCUT2D eigenvalue weighted by molar-refractivity contribution is 6.07. The molecule has 3 heterocycles. The molecule has 0 radical (unpaired) electrons. The first-order valence-corrected chi connectivity index (χ1v) is 8.36. The highest BCUT2D eigenvalue weighted by Crippen LogP contribution is 2.40. The van der Waals surface area contributed by atoms with E-state index in [0.29, 0.717) is 22.3 Å².